The molecule has 98 valence electrons. The highest BCUT2D eigenvalue weighted by Gasteiger charge is 2.08. The van der Waals surface area contributed by atoms with E-state index in [1.165, 1.54) is 0 Å². The molecule has 0 saturated carbocycles. The summed E-state index contributed by atoms with van der Waals surface area (Å²) in [5.41, 5.74) is 6.19. The molecule has 0 heterocycles. The lowest BCUT2D eigenvalue weighted by Crippen LogP contribution is -2.07. The predicted octanol–water partition coefficient (Wildman–Crippen LogP) is 1.90. The zero-order valence-corrected chi connectivity index (χ0v) is 11.0. The molecule has 1 atom stereocenters. The van der Waals surface area contributed by atoms with Crippen LogP contribution in [0.2, 0.25) is 0 Å². The third kappa shape index (κ3) is 4.81. The smallest absolute Gasteiger partial charge is 0.161 e. The Morgan fingerprint density at radius 3 is 2.59 bits per heavy atom. The monoisotopic (exact) mass is 261 g/mol. The summed E-state index contributed by atoms with van der Waals surface area (Å²) in [6, 6.07) is 5.41. The van der Waals surface area contributed by atoms with Crippen LogP contribution in [0.25, 0.3) is 0 Å². The van der Waals surface area contributed by atoms with Crippen molar-refractivity contribution in [1.29, 1.82) is 0 Å². The Morgan fingerprint density at radius 2 is 2.06 bits per heavy atom. The molecule has 17 heavy (non-hydrogen) atoms. The minimum Gasteiger partial charge on any atom is -0.493 e. The second-order valence-corrected chi connectivity index (χ2v) is 3.58. The fourth-order valence-corrected chi connectivity index (χ4v) is 1.33. The van der Waals surface area contributed by atoms with Crippen LogP contribution in [0.5, 0.6) is 11.5 Å². The zero-order chi connectivity index (χ0) is 12.0. The first kappa shape index (κ1) is 16.0. The molecule has 1 unspecified atom stereocenters. The molecule has 0 aliphatic rings. The van der Waals surface area contributed by atoms with Gasteiger partial charge in [-0.25, -0.2) is 0 Å². The minimum absolute atomic E-state index is 0. The summed E-state index contributed by atoms with van der Waals surface area (Å²) < 4.78 is 10.7. The van der Waals surface area contributed by atoms with Crippen molar-refractivity contribution in [3.8, 4) is 11.5 Å². The van der Waals surface area contributed by atoms with Gasteiger partial charge in [0.15, 0.2) is 11.5 Å². The van der Waals surface area contributed by atoms with Gasteiger partial charge in [0.2, 0.25) is 0 Å². The number of aliphatic hydroxyl groups is 1. The highest BCUT2D eigenvalue weighted by atomic mass is 35.5. The van der Waals surface area contributed by atoms with Crippen molar-refractivity contribution in [3.05, 3.63) is 23.8 Å². The Labute approximate surface area is 108 Å². The van der Waals surface area contributed by atoms with Crippen LogP contribution in [0.3, 0.4) is 0 Å². The number of methoxy groups -OCH3 is 1. The molecule has 5 heteroatoms. The molecule has 3 N–H and O–H groups in total. The Hall–Kier alpha value is -0.970. The van der Waals surface area contributed by atoms with E-state index in [-0.39, 0.29) is 12.4 Å². The lowest BCUT2D eigenvalue weighted by Gasteiger charge is -2.12. The zero-order valence-electron chi connectivity index (χ0n) is 10.2. The number of nitrogens with two attached hydrogens (primary N) is 1. The third-order valence-corrected chi connectivity index (χ3v) is 2.28. The molecule has 0 aliphatic carbocycles. The van der Waals surface area contributed by atoms with Gasteiger partial charge < -0.3 is 20.3 Å². The van der Waals surface area contributed by atoms with Crippen molar-refractivity contribution in [2.45, 2.75) is 19.4 Å². The Balaban J connectivity index is 0.00000256. The molecular weight excluding hydrogens is 242 g/mol. The summed E-state index contributed by atoms with van der Waals surface area (Å²) in [5.74, 6) is 1.32. The molecule has 0 spiro atoms. The molecule has 0 fully saturated rings. The fraction of sp³-hybridized carbons (Fsp3) is 0.500. The van der Waals surface area contributed by atoms with Gasteiger partial charge in [-0.05, 0) is 37.6 Å². The highest BCUT2D eigenvalue weighted by Crippen LogP contribution is 2.30. The average molecular weight is 262 g/mol. The minimum atomic E-state index is -0.507. The standard InChI is InChI=1S/C12H19NO3.ClH/c1-9(14)10-4-5-11(12(8-10)15-2)16-7-3-6-13;/h4-5,8-9,14H,3,6-7,13H2,1-2H3;1H. The first-order valence-electron chi connectivity index (χ1n) is 5.38. The van der Waals surface area contributed by atoms with Crippen LogP contribution < -0.4 is 15.2 Å². The highest BCUT2D eigenvalue weighted by molar-refractivity contribution is 5.85. The van der Waals surface area contributed by atoms with Crippen molar-refractivity contribution in [2.24, 2.45) is 5.73 Å². The van der Waals surface area contributed by atoms with E-state index in [2.05, 4.69) is 0 Å². The molecule has 0 radical (unpaired) electrons. The first-order valence-corrected chi connectivity index (χ1v) is 5.38. The molecule has 1 aromatic carbocycles. The van der Waals surface area contributed by atoms with Gasteiger partial charge in [-0.15, -0.1) is 12.4 Å². The van der Waals surface area contributed by atoms with Gasteiger partial charge >= 0.3 is 0 Å². The van der Waals surface area contributed by atoms with Gasteiger partial charge in [0.05, 0.1) is 19.8 Å². The van der Waals surface area contributed by atoms with E-state index < -0.39 is 6.10 Å². The maximum atomic E-state index is 9.44. The van der Waals surface area contributed by atoms with E-state index >= 15 is 0 Å². The van der Waals surface area contributed by atoms with Crippen molar-refractivity contribution in [3.63, 3.8) is 0 Å². The lowest BCUT2D eigenvalue weighted by molar-refractivity contribution is 0.198. The van der Waals surface area contributed by atoms with E-state index in [4.69, 9.17) is 15.2 Å². The normalized spacial score (nSPS) is 11.5. The molecule has 0 amide bonds. The van der Waals surface area contributed by atoms with Crippen LogP contribution in [0.15, 0.2) is 18.2 Å². The van der Waals surface area contributed by atoms with E-state index in [0.717, 1.165) is 12.0 Å². The van der Waals surface area contributed by atoms with Crippen LogP contribution in [-0.2, 0) is 0 Å². The molecule has 1 aromatic rings. The van der Waals surface area contributed by atoms with E-state index in [1.807, 2.05) is 6.07 Å². The van der Waals surface area contributed by atoms with Gasteiger partial charge in [0.1, 0.15) is 0 Å². The summed E-state index contributed by atoms with van der Waals surface area (Å²) in [4.78, 5) is 0. The number of aliphatic hydroxyl groups excluding tert-OH is 1. The molecule has 0 saturated heterocycles. The Bertz CT molecular complexity index is 332. The van der Waals surface area contributed by atoms with Crippen LogP contribution in [-0.4, -0.2) is 25.4 Å². The summed E-state index contributed by atoms with van der Waals surface area (Å²) >= 11 is 0. The van der Waals surface area contributed by atoms with Gasteiger partial charge in [-0.1, -0.05) is 6.07 Å². The number of rotatable bonds is 6. The van der Waals surface area contributed by atoms with Crippen molar-refractivity contribution < 1.29 is 14.6 Å². The molecule has 1 rings (SSSR count). The fourth-order valence-electron chi connectivity index (χ4n) is 1.33. The number of halogens is 1. The third-order valence-electron chi connectivity index (χ3n) is 2.28. The van der Waals surface area contributed by atoms with Crippen LogP contribution >= 0.6 is 12.4 Å². The SMILES string of the molecule is COc1cc(C(C)O)ccc1OCCCN.Cl. The first-order chi connectivity index (χ1) is 7.69. The van der Waals surface area contributed by atoms with Gasteiger partial charge in [0, 0.05) is 0 Å². The molecule has 0 bridgehead atoms. The second-order valence-electron chi connectivity index (χ2n) is 3.58. The topological polar surface area (TPSA) is 64.7 Å². The van der Waals surface area contributed by atoms with E-state index in [9.17, 15) is 5.11 Å². The maximum Gasteiger partial charge on any atom is 0.161 e. The van der Waals surface area contributed by atoms with Crippen LogP contribution in [0, 0.1) is 0 Å². The van der Waals surface area contributed by atoms with E-state index in [0.29, 0.717) is 24.7 Å². The van der Waals surface area contributed by atoms with Crippen molar-refractivity contribution in [2.75, 3.05) is 20.3 Å². The average Bonchev–Trinajstić information content (AvgIpc) is 2.29. The van der Waals surface area contributed by atoms with Gasteiger partial charge in [0.25, 0.3) is 0 Å². The number of ether oxygens (including phenoxy) is 2. The quantitative estimate of drug-likeness (QED) is 0.768. The Kier molecular flexibility index (Phi) is 7.70. The van der Waals surface area contributed by atoms with Crippen molar-refractivity contribution >= 4 is 12.4 Å². The summed E-state index contributed by atoms with van der Waals surface area (Å²) in [6.45, 7) is 2.89. The maximum absolute atomic E-state index is 9.44. The molecule has 0 aromatic heterocycles. The van der Waals surface area contributed by atoms with Gasteiger partial charge in [-0.2, -0.15) is 0 Å². The van der Waals surface area contributed by atoms with Crippen LogP contribution in [0.4, 0.5) is 0 Å². The molecule has 4 nitrogen and oxygen atoms in total. The summed E-state index contributed by atoms with van der Waals surface area (Å²) in [6.07, 6.45) is 0.299. The molecular formula is C12H20ClNO3. The lowest BCUT2D eigenvalue weighted by atomic mass is 10.1. The number of benzene rings is 1. The van der Waals surface area contributed by atoms with E-state index in [1.54, 1.807) is 26.2 Å². The second kappa shape index (κ2) is 8.17. The summed E-state index contributed by atoms with van der Waals surface area (Å²) in [5, 5.41) is 9.44. The molecule has 0 aliphatic heterocycles. The Morgan fingerprint density at radius 1 is 1.35 bits per heavy atom. The summed E-state index contributed by atoms with van der Waals surface area (Å²) in [7, 11) is 1.58. The number of hydrogen-bond acceptors (Lipinski definition) is 4. The van der Waals surface area contributed by atoms with Gasteiger partial charge in [-0.3, -0.25) is 0 Å². The number of hydrogen-bond donors (Lipinski definition) is 2. The largest absolute Gasteiger partial charge is 0.493 e. The van der Waals surface area contributed by atoms with Crippen molar-refractivity contribution in [1.82, 2.24) is 0 Å². The predicted molar refractivity (Wildman–Crippen MR) is 70.0 cm³/mol. The van der Waals surface area contributed by atoms with Crippen LogP contribution in [0.1, 0.15) is 25.0 Å².